The quantitative estimate of drug-likeness (QED) is 0.667. The summed E-state index contributed by atoms with van der Waals surface area (Å²) in [5, 5.41) is 12.0. The highest BCUT2D eigenvalue weighted by atomic mass is 16.3. The molecule has 1 rings (SSSR count). The number of nitrogens with two attached hydrogens (primary N) is 1. The van der Waals surface area contributed by atoms with Gasteiger partial charge in [-0.05, 0) is 31.0 Å². The standard InChI is InChI=1S/C12H18N2O2/c1-3-10(15)7-14-12(16)9-5-4-8(2)11(13)6-9/h4-6,10,15H,3,7,13H2,1-2H3,(H,14,16). The first-order valence-electron chi connectivity index (χ1n) is 5.37. The number of carbonyl (C=O) groups is 1. The fraction of sp³-hybridized carbons (Fsp3) is 0.417. The van der Waals surface area contributed by atoms with E-state index in [1.165, 1.54) is 0 Å². The molecule has 4 N–H and O–H groups in total. The Hall–Kier alpha value is -1.55. The van der Waals surface area contributed by atoms with E-state index in [9.17, 15) is 9.90 Å². The summed E-state index contributed by atoms with van der Waals surface area (Å²) in [4.78, 5) is 11.7. The maximum absolute atomic E-state index is 11.7. The van der Waals surface area contributed by atoms with Crippen molar-refractivity contribution in [2.45, 2.75) is 26.4 Å². The number of anilines is 1. The van der Waals surface area contributed by atoms with Crippen LogP contribution in [0.2, 0.25) is 0 Å². The molecule has 0 fully saturated rings. The summed E-state index contributed by atoms with van der Waals surface area (Å²) in [6.07, 6.45) is 0.128. The van der Waals surface area contributed by atoms with E-state index < -0.39 is 6.10 Å². The lowest BCUT2D eigenvalue weighted by Crippen LogP contribution is -2.31. The van der Waals surface area contributed by atoms with Crippen molar-refractivity contribution in [2.75, 3.05) is 12.3 Å². The molecule has 0 bridgehead atoms. The minimum atomic E-state index is -0.494. The number of aryl methyl sites for hydroxylation is 1. The molecule has 0 aliphatic carbocycles. The van der Waals surface area contributed by atoms with E-state index in [-0.39, 0.29) is 12.5 Å². The minimum absolute atomic E-state index is 0.209. The van der Waals surface area contributed by atoms with Crippen LogP contribution in [-0.2, 0) is 0 Å². The van der Waals surface area contributed by atoms with Crippen molar-refractivity contribution < 1.29 is 9.90 Å². The Morgan fingerprint density at radius 1 is 1.56 bits per heavy atom. The highest BCUT2D eigenvalue weighted by Gasteiger charge is 2.08. The monoisotopic (exact) mass is 222 g/mol. The van der Waals surface area contributed by atoms with Gasteiger partial charge in [-0.15, -0.1) is 0 Å². The zero-order valence-corrected chi connectivity index (χ0v) is 9.66. The molecule has 0 saturated carbocycles. The Morgan fingerprint density at radius 3 is 2.81 bits per heavy atom. The van der Waals surface area contributed by atoms with Gasteiger partial charge in [-0.2, -0.15) is 0 Å². The van der Waals surface area contributed by atoms with E-state index in [0.717, 1.165) is 5.56 Å². The zero-order chi connectivity index (χ0) is 12.1. The third-order valence-corrected chi connectivity index (χ3v) is 2.51. The molecule has 1 unspecified atom stereocenters. The Bertz CT molecular complexity index is 377. The molecule has 0 spiro atoms. The molecule has 1 amide bonds. The second kappa shape index (κ2) is 5.51. The van der Waals surface area contributed by atoms with Gasteiger partial charge in [0, 0.05) is 17.8 Å². The van der Waals surface area contributed by atoms with Gasteiger partial charge >= 0.3 is 0 Å². The molecule has 0 saturated heterocycles. The van der Waals surface area contributed by atoms with Crippen LogP contribution in [0.4, 0.5) is 5.69 Å². The van der Waals surface area contributed by atoms with Gasteiger partial charge in [0.15, 0.2) is 0 Å². The fourth-order valence-electron chi connectivity index (χ4n) is 1.24. The van der Waals surface area contributed by atoms with Crippen LogP contribution in [0.25, 0.3) is 0 Å². The van der Waals surface area contributed by atoms with Crippen LogP contribution < -0.4 is 11.1 Å². The average molecular weight is 222 g/mol. The predicted molar refractivity (Wildman–Crippen MR) is 64.2 cm³/mol. The third-order valence-electron chi connectivity index (χ3n) is 2.51. The number of aliphatic hydroxyl groups is 1. The zero-order valence-electron chi connectivity index (χ0n) is 9.66. The number of benzene rings is 1. The maximum Gasteiger partial charge on any atom is 0.251 e. The normalized spacial score (nSPS) is 12.2. The van der Waals surface area contributed by atoms with Crippen LogP contribution in [0.1, 0.15) is 29.3 Å². The Balaban J connectivity index is 2.63. The summed E-state index contributed by atoms with van der Waals surface area (Å²) in [7, 11) is 0. The van der Waals surface area contributed by atoms with E-state index in [1.807, 2.05) is 13.8 Å². The van der Waals surface area contributed by atoms with E-state index in [2.05, 4.69) is 5.32 Å². The first-order valence-corrected chi connectivity index (χ1v) is 5.37. The number of nitrogen functional groups attached to an aromatic ring is 1. The summed E-state index contributed by atoms with van der Waals surface area (Å²) >= 11 is 0. The van der Waals surface area contributed by atoms with Crippen molar-refractivity contribution in [1.29, 1.82) is 0 Å². The van der Waals surface area contributed by atoms with Crippen LogP contribution in [0.5, 0.6) is 0 Å². The number of hydrogen-bond acceptors (Lipinski definition) is 3. The molecule has 0 aliphatic heterocycles. The highest BCUT2D eigenvalue weighted by Crippen LogP contribution is 2.12. The van der Waals surface area contributed by atoms with Gasteiger partial charge in [-0.25, -0.2) is 0 Å². The third kappa shape index (κ3) is 3.24. The molecule has 1 atom stereocenters. The van der Waals surface area contributed by atoms with Crippen LogP contribution in [0, 0.1) is 6.92 Å². The number of hydrogen-bond donors (Lipinski definition) is 3. The highest BCUT2D eigenvalue weighted by molar-refractivity contribution is 5.95. The number of aliphatic hydroxyl groups excluding tert-OH is 1. The lowest BCUT2D eigenvalue weighted by Gasteiger charge is -2.10. The van der Waals surface area contributed by atoms with Crippen LogP contribution in [0.15, 0.2) is 18.2 Å². The summed E-state index contributed by atoms with van der Waals surface area (Å²) in [6.45, 7) is 4.02. The summed E-state index contributed by atoms with van der Waals surface area (Å²) in [6, 6.07) is 5.17. The average Bonchev–Trinajstić information content (AvgIpc) is 2.29. The smallest absolute Gasteiger partial charge is 0.251 e. The second-order valence-electron chi connectivity index (χ2n) is 3.84. The lowest BCUT2D eigenvalue weighted by atomic mass is 10.1. The van der Waals surface area contributed by atoms with Gasteiger partial charge in [0.05, 0.1) is 6.10 Å². The van der Waals surface area contributed by atoms with Crippen molar-refractivity contribution in [3.05, 3.63) is 29.3 Å². The Labute approximate surface area is 95.5 Å². The van der Waals surface area contributed by atoms with E-state index in [1.54, 1.807) is 18.2 Å². The van der Waals surface area contributed by atoms with Gasteiger partial charge in [-0.3, -0.25) is 4.79 Å². The Morgan fingerprint density at radius 2 is 2.25 bits per heavy atom. The van der Waals surface area contributed by atoms with Gasteiger partial charge < -0.3 is 16.2 Å². The van der Waals surface area contributed by atoms with Crippen molar-refractivity contribution >= 4 is 11.6 Å². The van der Waals surface area contributed by atoms with E-state index in [4.69, 9.17) is 5.73 Å². The first-order chi connectivity index (χ1) is 7.54. The topological polar surface area (TPSA) is 75.3 Å². The minimum Gasteiger partial charge on any atom is -0.398 e. The van der Waals surface area contributed by atoms with Gasteiger partial charge in [0.25, 0.3) is 5.91 Å². The molecule has 1 aromatic rings. The molecule has 88 valence electrons. The summed E-state index contributed by atoms with van der Waals surface area (Å²) < 4.78 is 0. The van der Waals surface area contributed by atoms with Crippen LogP contribution in [-0.4, -0.2) is 23.7 Å². The van der Waals surface area contributed by atoms with Crippen molar-refractivity contribution in [2.24, 2.45) is 0 Å². The predicted octanol–water partition coefficient (Wildman–Crippen LogP) is 1.08. The Kier molecular flexibility index (Phi) is 4.31. The van der Waals surface area contributed by atoms with Gasteiger partial charge in [0.2, 0.25) is 0 Å². The largest absolute Gasteiger partial charge is 0.398 e. The molecule has 4 nitrogen and oxygen atoms in total. The maximum atomic E-state index is 11.7. The number of rotatable bonds is 4. The fourth-order valence-corrected chi connectivity index (χ4v) is 1.24. The summed E-state index contributed by atoms with van der Waals surface area (Å²) in [5.41, 5.74) is 7.78. The van der Waals surface area contributed by atoms with Crippen LogP contribution in [0.3, 0.4) is 0 Å². The van der Waals surface area contributed by atoms with E-state index in [0.29, 0.717) is 17.7 Å². The first kappa shape index (κ1) is 12.5. The number of amides is 1. The van der Waals surface area contributed by atoms with E-state index >= 15 is 0 Å². The molecular formula is C12H18N2O2. The van der Waals surface area contributed by atoms with Crippen molar-refractivity contribution in [3.8, 4) is 0 Å². The molecular weight excluding hydrogens is 204 g/mol. The van der Waals surface area contributed by atoms with Gasteiger partial charge in [0.1, 0.15) is 0 Å². The van der Waals surface area contributed by atoms with Gasteiger partial charge in [-0.1, -0.05) is 13.0 Å². The summed E-state index contributed by atoms with van der Waals surface area (Å²) in [5.74, 6) is -0.209. The number of nitrogens with one attached hydrogen (secondary N) is 1. The number of carbonyl (C=O) groups excluding carboxylic acids is 1. The van der Waals surface area contributed by atoms with Crippen molar-refractivity contribution in [1.82, 2.24) is 5.32 Å². The molecule has 1 aromatic carbocycles. The lowest BCUT2D eigenvalue weighted by molar-refractivity contribution is 0.0914. The molecule has 4 heteroatoms. The molecule has 0 aromatic heterocycles. The molecule has 0 aliphatic rings. The second-order valence-corrected chi connectivity index (χ2v) is 3.84. The van der Waals surface area contributed by atoms with Crippen molar-refractivity contribution in [3.63, 3.8) is 0 Å². The van der Waals surface area contributed by atoms with Crippen LogP contribution >= 0.6 is 0 Å². The molecule has 0 heterocycles. The molecule has 16 heavy (non-hydrogen) atoms. The SMILES string of the molecule is CCC(O)CNC(=O)c1ccc(C)c(N)c1. The molecule has 0 radical (unpaired) electrons.